The Labute approximate surface area is 171 Å². The van der Waals surface area contributed by atoms with Crippen LogP contribution in [0.25, 0.3) is 0 Å². The fourth-order valence-electron chi connectivity index (χ4n) is 6.29. The van der Waals surface area contributed by atoms with E-state index in [1.807, 2.05) is 12.1 Å². The van der Waals surface area contributed by atoms with Crippen LogP contribution in [0.2, 0.25) is 0 Å². The molecule has 1 aromatic carbocycles. The minimum atomic E-state index is 0.118. The summed E-state index contributed by atoms with van der Waals surface area (Å²) < 4.78 is 6.32. The summed E-state index contributed by atoms with van der Waals surface area (Å²) >= 11 is 0. The van der Waals surface area contributed by atoms with Crippen molar-refractivity contribution in [3.63, 3.8) is 0 Å². The SMILES string of the molecule is C[C@H](CN1CC[C@@]2(C)c3cccc(O)c3C[C@@H]1C2(C)C)OCC1CCCCC1. The van der Waals surface area contributed by atoms with Crippen LogP contribution in [-0.4, -0.2) is 41.8 Å². The van der Waals surface area contributed by atoms with Gasteiger partial charge >= 0.3 is 0 Å². The van der Waals surface area contributed by atoms with Gasteiger partial charge in [0.2, 0.25) is 0 Å². The number of benzene rings is 1. The Morgan fingerprint density at radius 1 is 1.18 bits per heavy atom. The molecule has 1 aliphatic heterocycles. The quantitative estimate of drug-likeness (QED) is 0.747. The molecular weight excluding hydrogens is 346 g/mol. The maximum atomic E-state index is 10.5. The summed E-state index contributed by atoms with van der Waals surface area (Å²) in [6.45, 7) is 12.6. The van der Waals surface area contributed by atoms with Gasteiger partial charge in [-0.2, -0.15) is 0 Å². The molecule has 4 rings (SSSR count). The van der Waals surface area contributed by atoms with Crippen LogP contribution in [-0.2, 0) is 16.6 Å². The predicted molar refractivity (Wildman–Crippen MR) is 115 cm³/mol. The molecule has 2 aliphatic carbocycles. The monoisotopic (exact) mass is 385 g/mol. The van der Waals surface area contributed by atoms with Crippen molar-refractivity contribution in [1.29, 1.82) is 0 Å². The van der Waals surface area contributed by atoms with Crippen molar-refractivity contribution in [2.24, 2.45) is 11.3 Å². The van der Waals surface area contributed by atoms with Crippen molar-refractivity contribution in [1.82, 2.24) is 4.90 Å². The fourth-order valence-corrected chi connectivity index (χ4v) is 6.29. The van der Waals surface area contributed by atoms with Crippen LogP contribution in [0.3, 0.4) is 0 Å². The van der Waals surface area contributed by atoms with Crippen molar-refractivity contribution >= 4 is 0 Å². The van der Waals surface area contributed by atoms with E-state index in [9.17, 15) is 5.11 Å². The number of nitrogens with zero attached hydrogens (tertiary/aromatic N) is 1. The summed E-state index contributed by atoms with van der Waals surface area (Å²) in [5.41, 5.74) is 2.84. The molecule has 3 aliphatic rings. The van der Waals surface area contributed by atoms with E-state index >= 15 is 0 Å². The molecule has 3 nitrogen and oxygen atoms in total. The lowest BCUT2D eigenvalue weighted by Gasteiger charge is -2.61. The summed E-state index contributed by atoms with van der Waals surface area (Å²) in [6, 6.07) is 6.58. The number of likely N-dealkylation sites (tertiary alicyclic amines) is 1. The number of phenolic OH excluding ortho intramolecular Hbond substituents is 1. The van der Waals surface area contributed by atoms with E-state index in [4.69, 9.17) is 4.74 Å². The zero-order valence-electron chi connectivity index (χ0n) is 18.3. The Morgan fingerprint density at radius 3 is 2.68 bits per heavy atom. The molecule has 1 N–H and O–H groups in total. The Morgan fingerprint density at radius 2 is 1.93 bits per heavy atom. The van der Waals surface area contributed by atoms with Crippen LogP contribution in [0, 0.1) is 11.3 Å². The second kappa shape index (κ2) is 7.65. The molecule has 0 unspecified atom stereocenters. The molecule has 3 atom stereocenters. The number of piperidine rings is 1. The van der Waals surface area contributed by atoms with E-state index in [0.717, 1.165) is 38.5 Å². The molecule has 3 heteroatoms. The van der Waals surface area contributed by atoms with Gasteiger partial charge in [0.15, 0.2) is 0 Å². The average Bonchev–Trinajstić information content (AvgIpc) is 2.67. The zero-order valence-corrected chi connectivity index (χ0v) is 18.3. The molecule has 1 aromatic rings. The van der Waals surface area contributed by atoms with Gasteiger partial charge in [0.05, 0.1) is 6.10 Å². The largest absolute Gasteiger partial charge is 0.508 e. The first-order chi connectivity index (χ1) is 13.3. The van der Waals surface area contributed by atoms with Crippen LogP contribution in [0.4, 0.5) is 0 Å². The van der Waals surface area contributed by atoms with Crippen molar-refractivity contribution in [3.8, 4) is 5.75 Å². The number of rotatable bonds is 5. The summed E-state index contributed by atoms with van der Waals surface area (Å²) in [7, 11) is 0. The molecule has 0 aromatic heterocycles. The Balaban J connectivity index is 1.47. The standard InChI is InChI=1S/C25H39NO2/c1-18(28-17-19-9-6-5-7-10-19)16-26-14-13-25(4)21-11-8-12-22(27)20(21)15-23(26)24(25,2)3/h8,11-12,18-19,23,27H,5-7,9-10,13-17H2,1-4H3/t18-,23-,25+/m1/s1. The number of fused-ring (bicyclic) bond motifs is 4. The number of phenols is 1. The minimum Gasteiger partial charge on any atom is -0.508 e. The lowest BCUT2D eigenvalue weighted by molar-refractivity contribution is -0.0671. The van der Waals surface area contributed by atoms with Crippen LogP contribution in [0.15, 0.2) is 18.2 Å². The molecule has 1 saturated heterocycles. The van der Waals surface area contributed by atoms with Gasteiger partial charge in [-0.05, 0) is 67.7 Å². The summed E-state index contributed by atoms with van der Waals surface area (Å²) in [5, 5.41) is 10.5. The summed E-state index contributed by atoms with van der Waals surface area (Å²) in [5.74, 6) is 1.25. The Hall–Kier alpha value is -1.06. The normalized spacial score (nSPS) is 31.4. The van der Waals surface area contributed by atoms with Crippen molar-refractivity contribution in [2.45, 2.75) is 90.2 Å². The molecular formula is C25H39NO2. The molecule has 1 heterocycles. The third-order valence-corrected chi connectivity index (χ3v) is 8.57. The Bertz CT molecular complexity index is 694. The third-order valence-electron chi connectivity index (χ3n) is 8.57. The van der Waals surface area contributed by atoms with Gasteiger partial charge in [0.25, 0.3) is 0 Å². The molecule has 28 heavy (non-hydrogen) atoms. The second-order valence-corrected chi connectivity index (χ2v) is 10.5. The number of hydrogen-bond acceptors (Lipinski definition) is 3. The third kappa shape index (κ3) is 3.39. The fraction of sp³-hybridized carbons (Fsp3) is 0.760. The second-order valence-electron chi connectivity index (χ2n) is 10.5. The Kier molecular flexibility index (Phi) is 5.52. The number of hydrogen-bond donors (Lipinski definition) is 1. The van der Waals surface area contributed by atoms with Crippen molar-refractivity contribution < 1.29 is 9.84 Å². The molecule has 156 valence electrons. The van der Waals surface area contributed by atoms with Crippen LogP contribution in [0.5, 0.6) is 5.75 Å². The van der Waals surface area contributed by atoms with E-state index in [-0.39, 0.29) is 16.9 Å². The van der Waals surface area contributed by atoms with Gasteiger partial charge in [-0.25, -0.2) is 0 Å². The molecule has 2 fully saturated rings. The molecule has 0 amide bonds. The zero-order chi connectivity index (χ0) is 19.9. The van der Waals surface area contributed by atoms with Gasteiger partial charge in [-0.15, -0.1) is 0 Å². The van der Waals surface area contributed by atoms with E-state index in [0.29, 0.717) is 11.8 Å². The van der Waals surface area contributed by atoms with Gasteiger partial charge in [0.1, 0.15) is 5.75 Å². The molecule has 2 bridgehead atoms. The van der Waals surface area contributed by atoms with E-state index in [1.165, 1.54) is 43.2 Å². The predicted octanol–water partition coefficient (Wildman–Crippen LogP) is 5.29. The topological polar surface area (TPSA) is 32.7 Å². The van der Waals surface area contributed by atoms with Gasteiger partial charge < -0.3 is 9.84 Å². The lowest BCUT2D eigenvalue weighted by Crippen LogP contribution is -2.64. The van der Waals surface area contributed by atoms with Crippen molar-refractivity contribution in [3.05, 3.63) is 29.3 Å². The highest BCUT2D eigenvalue weighted by Crippen LogP contribution is 2.57. The van der Waals surface area contributed by atoms with Gasteiger partial charge in [-0.3, -0.25) is 4.90 Å². The highest BCUT2D eigenvalue weighted by molar-refractivity contribution is 5.48. The highest BCUT2D eigenvalue weighted by Gasteiger charge is 2.56. The molecule has 0 radical (unpaired) electrons. The average molecular weight is 386 g/mol. The van der Waals surface area contributed by atoms with E-state index in [2.05, 4.69) is 38.7 Å². The van der Waals surface area contributed by atoms with Crippen molar-refractivity contribution in [2.75, 3.05) is 19.7 Å². The first-order valence-electron chi connectivity index (χ1n) is 11.5. The first kappa shape index (κ1) is 20.2. The molecule has 0 spiro atoms. The summed E-state index contributed by atoms with van der Waals surface area (Å²) in [6.07, 6.45) is 9.22. The van der Waals surface area contributed by atoms with E-state index in [1.54, 1.807) is 0 Å². The maximum Gasteiger partial charge on any atom is 0.119 e. The highest BCUT2D eigenvalue weighted by atomic mass is 16.5. The summed E-state index contributed by atoms with van der Waals surface area (Å²) in [4.78, 5) is 2.66. The number of ether oxygens (including phenoxy) is 1. The number of aromatic hydroxyl groups is 1. The van der Waals surface area contributed by atoms with Gasteiger partial charge in [-0.1, -0.05) is 52.2 Å². The smallest absolute Gasteiger partial charge is 0.119 e. The van der Waals surface area contributed by atoms with E-state index < -0.39 is 0 Å². The lowest BCUT2D eigenvalue weighted by atomic mass is 9.51. The minimum absolute atomic E-state index is 0.118. The molecule has 1 saturated carbocycles. The first-order valence-corrected chi connectivity index (χ1v) is 11.5. The van der Waals surface area contributed by atoms with Crippen LogP contribution >= 0.6 is 0 Å². The maximum absolute atomic E-state index is 10.5. The van der Waals surface area contributed by atoms with Crippen LogP contribution in [0.1, 0.15) is 77.3 Å². The van der Waals surface area contributed by atoms with Crippen LogP contribution < -0.4 is 0 Å². The van der Waals surface area contributed by atoms with Gasteiger partial charge in [0, 0.05) is 24.6 Å².